The molecule has 19 heavy (non-hydrogen) atoms. The van der Waals surface area contributed by atoms with Crippen LogP contribution in [0, 0.1) is 5.92 Å². The van der Waals surface area contributed by atoms with Crippen LogP contribution in [-0.4, -0.2) is 60.5 Å². The van der Waals surface area contributed by atoms with Gasteiger partial charge in [0.15, 0.2) is 5.71 Å². The molecule has 2 heterocycles. The molecular weight excluding hydrogens is 252 g/mol. The van der Waals surface area contributed by atoms with E-state index in [2.05, 4.69) is 5.16 Å². The van der Waals surface area contributed by atoms with Crippen LogP contribution in [0.1, 0.15) is 19.3 Å². The molecule has 0 aromatic carbocycles. The number of nitrogens with zero attached hydrogens (tertiary/aromatic N) is 2. The van der Waals surface area contributed by atoms with Crippen LogP contribution in [0.2, 0.25) is 0 Å². The number of methoxy groups -OCH3 is 1. The fourth-order valence-corrected chi connectivity index (χ4v) is 2.40. The normalized spacial score (nSPS) is 23.9. The van der Waals surface area contributed by atoms with Crippen molar-refractivity contribution < 1.29 is 24.3 Å². The lowest BCUT2D eigenvalue weighted by Gasteiger charge is -2.32. The van der Waals surface area contributed by atoms with E-state index in [9.17, 15) is 9.59 Å². The van der Waals surface area contributed by atoms with Gasteiger partial charge in [0.25, 0.3) is 5.91 Å². The zero-order valence-corrected chi connectivity index (χ0v) is 10.9. The molecule has 0 aromatic rings. The number of carbonyl (C=O) groups is 2. The van der Waals surface area contributed by atoms with E-state index in [0.29, 0.717) is 25.6 Å². The Balaban J connectivity index is 1.81. The van der Waals surface area contributed by atoms with Crippen molar-refractivity contribution >= 4 is 17.6 Å². The maximum Gasteiger partial charge on any atom is 0.353 e. The number of hydrogen-bond donors (Lipinski definition) is 1. The standard InChI is InChI=1S/C12H18N2O5/c1-18-7-8-2-4-14(5-3-8)11(15)10-6-9(12(16)17)13-19-10/h8,10H,2-7H2,1H3,(H,16,17). The molecule has 0 spiro atoms. The van der Waals surface area contributed by atoms with Gasteiger partial charge in [-0.1, -0.05) is 5.16 Å². The minimum absolute atomic E-state index is 0.0478. The van der Waals surface area contributed by atoms with Gasteiger partial charge < -0.3 is 19.6 Å². The lowest BCUT2D eigenvalue weighted by Crippen LogP contribution is -2.44. The predicted octanol–water partition coefficient (Wildman–Crippen LogP) is 0.101. The van der Waals surface area contributed by atoms with Gasteiger partial charge in [-0.05, 0) is 18.8 Å². The number of oxime groups is 1. The van der Waals surface area contributed by atoms with Crippen molar-refractivity contribution in [3.8, 4) is 0 Å². The third-order valence-electron chi connectivity index (χ3n) is 3.52. The molecule has 0 aliphatic carbocycles. The van der Waals surface area contributed by atoms with E-state index in [4.69, 9.17) is 14.7 Å². The van der Waals surface area contributed by atoms with Crippen LogP contribution in [0.4, 0.5) is 0 Å². The molecule has 7 heteroatoms. The Morgan fingerprint density at radius 3 is 2.68 bits per heavy atom. The highest BCUT2D eigenvalue weighted by molar-refractivity contribution is 6.36. The molecule has 106 valence electrons. The summed E-state index contributed by atoms with van der Waals surface area (Å²) in [6.45, 7) is 2.04. The summed E-state index contributed by atoms with van der Waals surface area (Å²) in [5, 5.41) is 12.2. The van der Waals surface area contributed by atoms with E-state index in [1.54, 1.807) is 12.0 Å². The first kappa shape index (κ1) is 13.8. The van der Waals surface area contributed by atoms with E-state index >= 15 is 0 Å². The summed E-state index contributed by atoms with van der Waals surface area (Å²) in [7, 11) is 1.68. The van der Waals surface area contributed by atoms with Crippen molar-refractivity contribution in [2.75, 3.05) is 26.8 Å². The number of aliphatic carboxylic acids is 1. The number of carboxylic acids is 1. The van der Waals surface area contributed by atoms with Gasteiger partial charge in [0.05, 0.1) is 0 Å². The third kappa shape index (κ3) is 3.23. The average Bonchev–Trinajstić information content (AvgIpc) is 2.89. The van der Waals surface area contributed by atoms with E-state index in [1.807, 2.05) is 0 Å². The fourth-order valence-electron chi connectivity index (χ4n) is 2.40. The predicted molar refractivity (Wildman–Crippen MR) is 65.7 cm³/mol. The summed E-state index contributed by atoms with van der Waals surface area (Å²) in [6.07, 6.45) is 1.08. The average molecular weight is 270 g/mol. The zero-order valence-electron chi connectivity index (χ0n) is 10.9. The van der Waals surface area contributed by atoms with E-state index in [0.717, 1.165) is 12.8 Å². The van der Waals surface area contributed by atoms with Crippen LogP contribution in [0.5, 0.6) is 0 Å². The molecule has 1 fully saturated rings. The minimum Gasteiger partial charge on any atom is -0.477 e. The van der Waals surface area contributed by atoms with E-state index < -0.39 is 12.1 Å². The van der Waals surface area contributed by atoms with Crippen molar-refractivity contribution in [1.29, 1.82) is 0 Å². The quantitative estimate of drug-likeness (QED) is 0.782. The Morgan fingerprint density at radius 2 is 2.16 bits per heavy atom. The topological polar surface area (TPSA) is 88.4 Å². The summed E-state index contributed by atoms with van der Waals surface area (Å²) >= 11 is 0. The highest BCUT2D eigenvalue weighted by atomic mass is 16.6. The smallest absolute Gasteiger partial charge is 0.353 e. The van der Waals surface area contributed by atoms with E-state index in [1.165, 1.54) is 0 Å². The molecule has 0 bridgehead atoms. The molecule has 2 rings (SSSR count). The Hall–Kier alpha value is -1.63. The van der Waals surface area contributed by atoms with Gasteiger partial charge in [0.2, 0.25) is 6.10 Å². The van der Waals surface area contributed by atoms with Crippen LogP contribution in [-0.2, 0) is 19.2 Å². The highest BCUT2D eigenvalue weighted by Gasteiger charge is 2.35. The van der Waals surface area contributed by atoms with Crippen molar-refractivity contribution in [2.24, 2.45) is 11.1 Å². The monoisotopic (exact) mass is 270 g/mol. The highest BCUT2D eigenvalue weighted by Crippen LogP contribution is 2.20. The van der Waals surface area contributed by atoms with Crippen molar-refractivity contribution in [3.05, 3.63) is 0 Å². The number of likely N-dealkylation sites (tertiary alicyclic amines) is 1. The first-order chi connectivity index (χ1) is 9.11. The number of amides is 1. The first-order valence-electron chi connectivity index (χ1n) is 6.35. The minimum atomic E-state index is -1.13. The second-order valence-electron chi connectivity index (χ2n) is 4.87. The summed E-state index contributed by atoms with van der Waals surface area (Å²) in [5.74, 6) is -0.811. The Labute approximate surface area is 111 Å². The number of hydrogen-bond acceptors (Lipinski definition) is 5. The maximum absolute atomic E-state index is 12.1. The third-order valence-corrected chi connectivity index (χ3v) is 3.52. The summed E-state index contributed by atoms with van der Waals surface area (Å²) in [5.41, 5.74) is -0.0902. The SMILES string of the molecule is COCC1CCN(C(=O)C2CC(C(=O)O)=NO2)CC1. The second-order valence-corrected chi connectivity index (χ2v) is 4.87. The molecule has 0 aromatic heterocycles. The summed E-state index contributed by atoms with van der Waals surface area (Å²) in [4.78, 5) is 29.5. The van der Waals surface area contributed by atoms with Crippen LogP contribution in [0.15, 0.2) is 5.16 Å². The van der Waals surface area contributed by atoms with Gasteiger partial charge in [0.1, 0.15) is 0 Å². The van der Waals surface area contributed by atoms with Crippen LogP contribution in [0.3, 0.4) is 0 Å². The maximum atomic E-state index is 12.1. The Bertz CT molecular complexity index is 388. The fraction of sp³-hybridized carbons (Fsp3) is 0.750. The molecule has 0 saturated carbocycles. The van der Waals surface area contributed by atoms with Gasteiger partial charge in [-0.3, -0.25) is 4.79 Å². The summed E-state index contributed by atoms with van der Waals surface area (Å²) < 4.78 is 5.11. The molecule has 2 aliphatic heterocycles. The van der Waals surface area contributed by atoms with Gasteiger partial charge in [-0.25, -0.2) is 4.79 Å². The molecule has 2 aliphatic rings. The van der Waals surface area contributed by atoms with Gasteiger partial charge in [0, 0.05) is 33.2 Å². The largest absolute Gasteiger partial charge is 0.477 e. The number of carboxylic acid groups (broad SMARTS) is 1. The number of ether oxygens (including phenoxy) is 1. The zero-order chi connectivity index (χ0) is 13.8. The Morgan fingerprint density at radius 1 is 1.47 bits per heavy atom. The van der Waals surface area contributed by atoms with Crippen LogP contribution >= 0.6 is 0 Å². The van der Waals surface area contributed by atoms with Crippen molar-refractivity contribution in [1.82, 2.24) is 4.90 Å². The molecule has 7 nitrogen and oxygen atoms in total. The molecule has 0 radical (unpaired) electrons. The Kier molecular flexibility index (Phi) is 4.36. The van der Waals surface area contributed by atoms with Crippen LogP contribution < -0.4 is 0 Å². The molecule has 1 saturated heterocycles. The van der Waals surface area contributed by atoms with Gasteiger partial charge in [-0.15, -0.1) is 0 Å². The second kappa shape index (κ2) is 6.01. The van der Waals surface area contributed by atoms with Gasteiger partial charge in [-0.2, -0.15) is 0 Å². The molecule has 1 unspecified atom stereocenters. The molecule has 1 atom stereocenters. The van der Waals surface area contributed by atoms with Crippen LogP contribution in [0.25, 0.3) is 0 Å². The number of rotatable bonds is 4. The first-order valence-corrected chi connectivity index (χ1v) is 6.35. The summed E-state index contributed by atoms with van der Waals surface area (Å²) in [6, 6.07) is 0. The molecule has 1 N–H and O–H groups in total. The van der Waals surface area contributed by atoms with Crippen molar-refractivity contribution in [2.45, 2.75) is 25.4 Å². The van der Waals surface area contributed by atoms with Crippen molar-refractivity contribution in [3.63, 3.8) is 0 Å². The lowest BCUT2D eigenvalue weighted by molar-refractivity contribution is -0.143. The van der Waals surface area contributed by atoms with Gasteiger partial charge >= 0.3 is 5.97 Å². The lowest BCUT2D eigenvalue weighted by atomic mass is 9.97. The molecule has 1 amide bonds. The number of piperidine rings is 1. The number of carbonyl (C=O) groups excluding carboxylic acids is 1. The molecular formula is C12H18N2O5. The van der Waals surface area contributed by atoms with E-state index in [-0.39, 0.29) is 18.0 Å².